The van der Waals surface area contributed by atoms with Gasteiger partial charge in [0.1, 0.15) is 17.6 Å². The topological polar surface area (TPSA) is 47.0 Å². The van der Waals surface area contributed by atoms with Gasteiger partial charge in [0.2, 0.25) is 0 Å². The first-order chi connectivity index (χ1) is 9.49. The molecule has 0 fully saturated rings. The lowest BCUT2D eigenvalue weighted by molar-refractivity contribution is 0.178. The third kappa shape index (κ3) is 3.37. The summed E-state index contributed by atoms with van der Waals surface area (Å²) >= 11 is 5.78. The third-order valence-corrected chi connectivity index (χ3v) is 2.46. The van der Waals surface area contributed by atoms with Crippen LogP contribution in [0.15, 0.2) is 18.2 Å². The number of rotatable bonds is 4. The molecule has 4 nitrogen and oxygen atoms in total. The van der Waals surface area contributed by atoms with Crippen LogP contribution in [0.2, 0.25) is 5.15 Å². The SMILES string of the molecule is COCc1nc(Cl)cc(Nc2cc(F)c(F)c(F)c2)n1. The third-order valence-electron chi connectivity index (χ3n) is 2.27. The van der Waals surface area contributed by atoms with Crippen LogP contribution in [0, 0.1) is 17.5 Å². The minimum atomic E-state index is -1.53. The number of nitrogens with zero attached hydrogens (tertiary/aromatic N) is 2. The van der Waals surface area contributed by atoms with Gasteiger partial charge in [0.15, 0.2) is 23.3 Å². The molecule has 0 aliphatic rings. The van der Waals surface area contributed by atoms with Crippen molar-refractivity contribution >= 4 is 23.1 Å². The van der Waals surface area contributed by atoms with E-state index in [1.54, 1.807) is 0 Å². The van der Waals surface area contributed by atoms with Crippen LogP contribution in [0.25, 0.3) is 0 Å². The van der Waals surface area contributed by atoms with Crippen molar-refractivity contribution in [1.29, 1.82) is 0 Å². The summed E-state index contributed by atoms with van der Waals surface area (Å²) < 4.78 is 43.9. The van der Waals surface area contributed by atoms with Crippen molar-refractivity contribution < 1.29 is 17.9 Å². The van der Waals surface area contributed by atoms with E-state index in [1.165, 1.54) is 13.2 Å². The lowest BCUT2D eigenvalue weighted by atomic mass is 10.3. The van der Waals surface area contributed by atoms with Gasteiger partial charge in [0, 0.05) is 31.0 Å². The number of ether oxygens (including phenoxy) is 1. The van der Waals surface area contributed by atoms with E-state index >= 15 is 0 Å². The maximum atomic E-state index is 13.1. The van der Waals surface area contributed by atoms with Gasteiger partial charge in [-0.1, -0.05) is 11.6 Å². The van der Waals surface area contributed by atoms with Crippen LogP contribution in [0.5, 0.6) is 0 Å². The highest BCUT2D eigenvalue weighted by molar-refractivity contribution is 6.29. The summed E-state index contributed by atoms with van der Waals surface area (Å²) in [6, 6.07) is 2.98. The number of hydrogen-bond acceptors (Lipinski definition) is 4. The molecule has 0 aliphatic carbocycles. The molecule has 20 heavy (non-hydrogen) atoms. The molecule has 1 aromatic heterocycles. The second-order valence-electron chi connectivity index (χ2n) is 3.80. The van der Waals surface area contributed by atoms with E-state index in [0.717, 1.165) is 12.1 Å². The molecule has 0 atom stereocenters. The molecule has 0 aliphatic heterocycles. The standard InChI is InChI=1S/C12H9ClF3N3O/c1-20-5-11-18-9(13)4-10(19-11)17-6-2-7(14)12(16)8(15)3-6/h2-4H,5H2,1H3,(H,17,18,19). The monoisotopic (exact) mass is 303 g/mol. The molecule has 0 spiro atoms. The van der Waals surface area contributed by atoms with Gasteiger partial charge in [0.05, 0.1) is 0 Å². The van der Waals surface area contributed by atoms with Crippen LogP contribution >= 0.6 is 11.6 Å². The molecule has 0 saturated heterocycles. The first-order valence-electron chi connectivity index (χ1n) is 5.43. The van der Waals surface area contributed by atoms with Crippen molar-refractivity contribution in [2.24, 2.45) is 0 Å². The first-order valence-corrected chi connectivity index (χ1v) is 5.81. The van der Waals surface area contributed by atoms with E-state index in [0.29, 0.717) is 5.82 Å². The minimum absolute atomic E-state index is 0.000432. The second-order valence-corrected chi connectivity index (χ2v) is 4.19. The van der Waals surface area contributed by atoms with Gasteiger partial charge in [-0.2, -0.15) is 0 Å². The van der Waals surface area contributed by atoms with Gasteiger partial charge in [0.25, 0.3) is 0 Å². The van der Waals surface area contributed by atoms with Gasteiger partial charge in [-0.3, -0.25) is 0 Å². The summed E-state index contributed by atoms with van der Waals surface area (Å²) in [4.78, 5) is 7.93. The number of benzene rings is 1. The van der Waals surface area contributed by atoms with E-state index in [4.69, 9.17) is 16.3 Å². The smallest absolute Gasteiger partial charge is 0.194 e. The summed E-state index contributed by atoms with van der Waals surface area (Å²) in [7, 11) is 1.46. The fourth-order valence-corrected chi connectivity index (χ4v) is 1.70. The second kappa shape index (κ2) is 6.06. The summed E-state index contributed by atoms with van der Waals surface area (Å²) in [5.74, 6) is -3.63. The lowest BCUT2D eigenvalue weighted by Gasteiger charge is -2.08. The van der Waals surface area contributed by atoms with Crippen LogP contribution in [-0.2, 0) is 11.3 Å². The Hall–Kier alpha value is -1.86. The average Bonchev–Trinajstić information content (AvgIpc) is 2.35. The fourth-order valence-electron chi connectivity index (χ4n) is 1.50. The zero-order chi connectivity index (χ0) is 14.7. The van der Waals surface area contributed by atoms with Crippen molar-refractivity contribution in [2.45, 2.75) is 6.61 Å². The van der Waals surface area contributed by atoms with Crippen molar-refractivity contribution in [3.8, 4) is 0 Å². The van der Waals surface area contributed by atoms with Crippen molar-refractivity contribution in [3.05, 3.63) is 46.6 Å². The summed E-state index contributed by atoms with van der Waals surface area (Å²) in [5, 5.41) is 2.75. The number of hydrogen-bond donors (Lipinski definition) is 1. The number of nitrogens with one attached hydrogen (secondary N) is 1. The van der Waals surface area contributed by atoms with E-state index < -0.39 is 17.5 Å². The van der Waals surface area contributed by atoms with Crippen LogP contribution in [-0.4, -0.2) is 17.1 Å². The zero-order valence-electron chi connectivity index (χ0n) is 10.3. The van der Waals surface area contributed by atoms with Crippen LogP contribution < -0.4 is 5.32 Å². The molecule has 0 unspecified atom stereocenters. The normalized spacial score (nSPS) is 10.7. The largest absolute Gasteiger partial charge is 0.377 e. The van der Waals surface area contributed by atoms with Crippen molar-refractivity contribution in [2.75, 3.05) is 12.4 Å². The fraction of sp³-hybridized carbons (Fsp3) is 0.167. The number of methoxy groups -OCH3 is 1. The summed E-state index contributed by atoms with van der Waals surface area (Å²) in [5.41, 5.74) is -0.000432. The average molecular weight is 304 g/mol. The van der Waals surface area contributed by atoms with Gasteiger partial charge < -0.3 is 10.1 Å². The minimum Gasteiger partial charge on any atom is -0.377 e. The van der Waals surface area contributed by atoms with Gasteiger partial charge >= 0.3 is 0 Å². The van der Waals surface area contributed by atoms with Gasteiger partial charge in [-0.05, 0) is 0 Å². The zero-order valence-corrected chi connectivity index (χ0v) is 11.0. The van der Waals surface area contributed by atoms with E-state index in [9.17, 15) is 13.2 Å². The van der Waals surface area contributed by atoms with Gasteiger partial charge in [-0.15, -0.1) is 0 Å². The van der Waals surface area contributed by atoms with Crippen LogP contribution in [0.3, 0.4) is 0 Å². The van der Waals surface area contributed by atoms with E-state index in [2.05, 4.69) is 15.3 Å². The molecule has 1 heterocycles. The molecular formula is C12H9ClF3N3O. The maximum absolute atomic E-state index is 13.1. The quantitative estimate of drug-likeness (QED) is 0.694. The van der Waals surface area contributed by atoms with E-state index in [-0.39, 0.29) is 23.3 Å². The molecule has 0 amide bonds. The first kappa shape index (κ1) is 14.5. The number of anilines is 2. The Morgan fingerprint density at radius 1 is 1.15 bits per heavy atom. The number of aromatic nitrogens is 2. The molecular weight excluding hydrogens is 295 g/mol. The number of halogens is 4. The predicted octanol–water partition coefficient (Wildman–Crippen LogP) is 3.44. The van der Waals surface area contributed by atoms with Crippen molar-refractivity contribution in [1.82, 2.24) is 9.97 Å². The molecule has 8 heteroatoms. The Balaban J connectivity index is 2.30. The Kier molecular flexibility index (Phi) is 4.41. The molecule has 0 saturated carbocycles. The summed E-state index contributed by atoms with van der Waals surface area (Å²) in [6.07, 6.45) is 0. The predicted molar refractivity (Wildman–Crippen MR) is 67.4 cm³/mol. The Bertz CT molecular complexity index is 616. The highest BCUT2D eigenvalue weighted by Crippen LogP contribution is 2.21. The molecule has 2 rings (SSSR count). The van der Waals surface area contributed by atoms with Gasteiger partial charge in [-0.25, -0.2) is 23.1 Å². The molecule has 106 valence electrons. The lowest BCUT2D eigenvalue weighted by Crippen LogP contribution is -2.02. The molecule has 0 bridgehead atoms. The Morgan fingerprint density at radius 3 is 2.40 bits per heavy atom. The van der Waals surface area contributed by atoms with Crippen LogP contribution in [0.1, 0.15) is 5.82 Å². The summed E-state index contributed by atoms with van der Waals surface area (Å²) in [6.45, 7) is 0.126. The Labute approximate surface area is 117 Å². The Morgan fingerprint density at radius 2 is 1.80 bits per heavy atom. The molecule has 2 aromatic rings. The molecule has 1 N–H and O–H groups in total. The molecule has 1 aromatic carbocycles. The molecule has 0 radical (unpaired) electrons. The highest BCUT2D eigenvalue weighted by Gasteiger charge is 2.11. The van der Waals surface area contributed by atoms with E-state index in [1.807, 2.05) is 0 Å². The maximum Gasteiger partial charge on any atom is 0.194 e. The highest BCUT2D eigenvalue weighted by atomic mass is 35.5. The van der Waals surface area contributed by atoms with Crippen LogP contribution in [0.4, 0.5) is 24.7 Å². The van der Waals surface area contributed by atoms with Crippen molar-refractivity contribution in [3.63, 3.8) is 0 Å².